The molecule has 1 fully saturated rings. The minimum Gasteiger partial charge on any atom is -0.425 e. The van der Waals surface area contributed by atoms with Gasteiger partial charge in [-0.05, 0) is 0 Å². The van der Waals surface area contributed by atoms with Gasteiger partial charge in [-0.2, -0.15) is 0 Å². The Labute approximate surface area is 85.2 Å². The number of carbonyl (C=O) groups excluding carboxylic acids is 1. The Balaban J connectivity index is 3.36. The molecular weight excluding hydrogens is 204 g/mol. The largest absolute Gasteiger partial charge is 0.425 e. The van der Waals surface area contributed by atoms with Gasteiger partial charge in [0.2, 0.25) is 0 Å². The number of nitrogens with two attached hydrogens (primary N) is 8. The van der Waals surface area contributed by atoms with E-state index < -0.39 is 28.8 Å². The van der Waals surface area contributed by atoms with Crippen molar-refractivity contribution < 1.29 is 9.53 Å². The molecule has 16 N–H and O–H groups in total. The SMILES string of the molecule is NC1(N)OC(=O)C(N)(N)C(N)(N)C1(N)N. The van der Waals surface area contributed by atoms with Gasteiger partial charge < -0.3 is 39.1 Å². The molecule has 0 aromatic heterocycles. The van der Waals surface area contributed by atoms with Crippen LogP contribution in [0.2, 0.25) is 0 Å². The predicted molar refractivity (Wildman–Crippen MR) is 50.5 cm³/mol. The fourth-order valence-corrected chi connectivity index (χ4v) is 1.16. The maximum Gasteiger partial charge on any atom is 0.347 e. The van der Waals surface area contributed by atoms with E-state index in [0.29, 0.717) is 0 Å². The van der Waals surface area contributed by atoms with Crippen LogP contribution in [-0.4, -0.2) is 28.8 Å². The first-order chi connectivity index (χ1) is 6.38. The molecule has 10 nitrogen and oxygen atoms in total. The van der Waals surface area contributed by atoms with Crippen molar-refractivity contribution in [3.05, 3.63) is 0 Å². The van der Waals surface area contributed by atoms with Crippen molar-refractivity contribution in [2.24, 2.45) is 45.9 Å². The molecule has 15 heavy (non-hydrogen) atoms. The van der Waals surface area contributed by atoms with Crippen molar-refractivity contribution in [2.75, 3.05) is 0 Å². The standard InChI is InChI=1S/C5H16N8O2/c6-2(7)1(14)15-5(12,13)4(10,11)3(2,8)9/h6-13H2. The van der Waals surface area contributed by atoms with E-state index in [9.17, 15) is 4.79 Å². The first-order valence-electron chi connectivity index (χ1n) is 3.92. The van der Waals surface area contributed by atoms with Crippen LogP contribution in [0.4, 0.5) is 0 Å². The summed E-state index contributed by atoms with van der Waals surface area (Å²) in [4.78, 5) is 11.3. The number of esters is 1. The van der Waals surface area contributed by atoms with Gasteiger partial charge in [0.1, 0.15) is 5.66 Å². The molecule has 0 aliphatic carbocycles. The number of carbonyl (C=O) groups is 1. The fourth-order valence-electron chi connectivity index (χ4n) is 1.16. The van der Waals surface area contributed by atoms with Gasteiger partial charge in [-0.15, -0.1) is 0 Å². The lowest BCUT2D eigenvalue weighted by Crippen LogP contribution is -3.01. The third kappa shape index (κ3) is 1.18. The van der Waals surface area contributed by atoms with Crippen LogP contribution in [0.5, 0.6) is 0 Å². The summed E-state index contributed by atoms with van der Waals surface area (Å²) in [6.07, 6.45) is 0. The molecule has 0 amide bonds. The minimum absolute atomic E-state index is 1.19. The van der Waals surface area contributed by atoms with Crippen LogP contribution in [0, 0.1) is 0 Å². The summed E-state index contributed by atoms with van der Waals surface area (Å²) in [7, 11) is 0. The Morgan fingerprint density at radius 1 is 0.800 bits per heavy atom. The molecule has 1 saturated heterocycles. The Kier molecular flexibility index (Phi) is 2.15. The predicted octanol–water partition coefficient (Wildman–Crippen LogP) is -6.04. The van der Waals surface area contributed by atoms with E-state index >= 15 is 0 Å². The molecule has 0 aromatic rings. The van der Waals surface area contributed by atoms with Crippen LogP contribution in [0.15, 0.2) is 0 Å². The van der Waals surface area contributed by atoms with Gasteiger partial charge in [0, 0.05) is 0 Å². The highest BCUT2D eigenvalue weighted by molar-refractivity contribution is 5.84. The molecule has 0 unspecified atom stereocenters. The van der Waals surface area contributed by atoms with Crippen molar-refractivity contribution in [3.63, 3.8) is 0 Å². The summed E-state index contributed by atoms with van der Waals surface area (Å²) in [6.45, 7) is 0. The average molecular weight is 220 g/mol. The van der Waals surface area contributed by atoms with E-state index in [0.717, 1.165) is 0 Å². The van der Waals surface area contributed by atoms with Gasteiger partial charge in [-0.1, -0.05) is 0 Å². The summed E-state index contributed by atoms with van der Waals surface area (Å²) in [5.41, 5.74) is 36.8. The number of hydrogen-bond donors (Lipinski definition) is 8. The molecule has 1 aliphatic rings. The lowest BCUT2D eigenvalue weighted by Gasteiger charge is -2.56. The summed E-state index contributed by atoms with van der Waals surface area (Å²) in [6, 6.07) is 0. The van der Waals surface area contributed by atoms with Gasteiger partial charge in [-0.25, -0.2) is 4.79 Å². The van der Waals surface area contributed by atoms with E-state index in [1.54, 1.807) is 0 Å². The van der Waals surface area contributed by atoms with E-state index in [2.05, 4.69) is 4.74 Å². The van der Waals surface area contributed by atoms with E-state index in [1.165, 1.54) is 0 Å². The van der Waals surface area contributed by atoms with Gasteiger partial charge >= 0.3 is 5.97 Å². The van der Waals surface area contributed by atoms with Crippen LogP contribution >= 0.6 is 0 Å². The molecule has 10 heteroatoms. The Bertz CT molecular complexity index is 308. The maximum absolute atomic E-state index is 11.3. The van der Waals surface area contributed by atoms with Crippen molar-refractivity contribution in [3.8, 4) is 0 Å². The van der Waals surface area contributed by atoms with Crippen LogP contribution in [0.25, 0.3) is 0 Å². The normalized spacial score (nSPS) is 30.8. The Morgan fingerprint density at radius 3 is 1.60 bits per heavy atom. The van der Waals surface area contributed by atoms with E-state index in [1.807, 2.05) is 0 Å². The van der Waals surface area contributed by atoms with Gasteiger partial charge in [0.15, 0.2) is 11.3 Å². The molecule has 1 heterocycles. The van der Waals surface area contributed by atoms with Gasteiger partial charge in [0.25, 0.3) is 5.85 Å². The summed E-state index contributed by atoms with van der Waals surface area (Å²) >= 11 is 0. The van der Waals surface area contributed by atoms with Gasteiger partial charge in [-0.3, -0.25) is 11.5 Å². The molecule has 1 aliphatic heterocycles. The number of hydrogen-bond acceptors (Lipinski definition) is 10. The molecule has 0 bridgehead atoms. The zero-order valence-electron chi connectivity index (χ0n) is 7.94. The first-order valence-corrected chi connectivity index (χ1v) is 3.92. The van der Waals surface area contributed by atoms with E-state index in [4.69, 9.17) is 45.9 Å². The fraction of sp³-hybridized carbons (Fsp3) is 0.800. The molecule has 0 saturated carbocycles. The molecule has 0 aromatic carbocycles. The number of ether oxygens (including phenoxy) is 1. The molecular formula is C5H16N8O2. The smallest absolute Gasteiger partial charge is 0.347 e. The average Bonchev–Trinajstić information content (AvgIpc) is 2.00. The van der Waals surface area contributed by atoms with Crippen molar-refractivity contribution in [1.82, 2.24) is 0 Å². The molecule has 0 spiro atoms. The zero-order chi connectivity index (χ0) is 12.3. The molecule has 88 valence electrons. The topological polar surface area (TPSA) is 234 Å². The van der Waals surface area contributed by atoms with Crippen LogP contribution in [0.3, 0.4) is 0 Å². The third-order valence-corrected chi connectivity index (χ3v) is 2.61. The highest BCUT2D eigenvalue weighted by Gasteiger charge is 2.70. The van der Waals surface area contributed by atoms with Gasteiger partial charge in [0.05, 0.1) is 0 Å². The van der Waals surface area contributed by atoms with Crippen molar-refractivity contribution in [1.29, 1.82) is 0 Å². The van der Waals surface area contributed by atoms with E-state index in [-0.39, 0.29) is 0 Å². The highest BCUT2D eigenvalue weighted by atomic mass is 16.6. The van der Waals surface area contributed by atoms with Crippen LogP contribution in [0.1, 0.15) is 0 Å². The second kappa shape index (κ2) is 2.63. The minimum atomic E-state index is -2.29. The number of cyclic esters (lactones) is 1. The lowest BCUT2D eigenvalue weighted by molar-refractivity contribution is -0.204. The zero-order valence-corrected chi connectivity index (χ0v) is 7.94. The first kappa shape index (κ1) is 12.2. The van der Waals surface area contributed by atoms with Crippen molar-refractivity contribution in [2.45, 2.75) is 22.8 Å². The second-order valence-corrected chi connectivity index (χ2v) is 3.79. The maximum atomic E-state index is 11.3. The summed E-state index contributed by atoms with van der Waals surface area (Å²) in [5.74, 6) is -3.46. The Hall–Kier alpha value is -0.850. The second-order valence-electron chi connectivity index (χ2n) is 3.79. The molecule has 0 atom stereocenters. The molecule has 0 radical (unpaired) electrons. The quantitative estimate of drug-likeness (QED) is 0.142. The lowest BCUT2D eigenvalue weighted by atomic mass is 9.78. The van der Waals surface area contributed by atoms with Crippen molar-refractivity contribution >= 4 is 5.97 Å². The third-order valence-electron chi connectivity index (χ3n) is 2.61. The molecule has 1 rings (SSSR count). The van der Waals surface area contributed by atoms with Crippen LogP contribution in [-0.2, 0) is 9.53 Å². The summed E-state index contributed by atoms with van der Waals surface area (Å²) < 4.78 is 4.50. The summed E-state index contributed by atoms with van der Waals surface area (Å²) in [5, 5.41) is 0. The Morgan fingerprint density at radius 2 is 1.20 bits per heavy atom. The highest BCUT2D eigenvalue weighted by Crippen LogP contribution is 2.29. The monoisotopic (exact) mass is 220 g/mol. The van der Waals surface area contributed by atoms with Crippen LogP contribution < -0.4 is 45.9 Å². The number of rotatable bonds is 0.